The average Bonchev–Trinajstić information content (AvgIpc) is 2.90. The Bertz CT molecular complexity index is 1100. The van der Waals surface area contributed by atoms with Crippen molar-refractivity contribution in [3.63, 3.8) is 0 Å². The third kappa shape index (κ3) is 2.24. The van der Waals surface area contributed by atoms with E-state index >= 15 is 0 Å². The highest BCUT2D eigenvalue weighted by atomic mass is 35.5. The van der Waals surface area contributed by atoms with Gasteiger partial charge in [-0.3, -0.25) is 4.79 Å². The molecule has 0 saturated heterocycles. The average molecular weight is 326 g/mol. The van der Waals surface area contributed by atoms with E-state index in [9.17, 15) is 4.79 Å². The van der Waals surface area contributed by atoms with Crippen molar-refractivity contribution in [2.45, 2.75) is 6.92 Å². The Morgan fingerprint density at radius 3 is 3.04 bits per heavy atom. The molecule has 3 N–H and O–H groups in total. The highest BCUT2D eigenvalue weighted by Gasteiger charge is 2.12. The van der Waals surface area contributed by atoms with E-state index in [4.69, 9.17) is 11.6 Å². The number of nitrogens with one attached hydrogen (secondary N) is 3. The number of halogens is 1. The molecule has 114 valence electrons. The summed E-state index contributed by atoms with van der Waals surface area (Å²) in [6.07, 6.45) is 3.49. The van der Waals surface area contributed by atoms with Crippen LogP contribution in [0.2, 0.25) is 5.15 Å². The Morgan fingerprint density at radius 2 is 2.17 bits per heavy atom. The fourth-order valence-corrected chi connectivity index (χ4v) is 2.91. The molecule has 23 heavy (non-hydrogen) atoms. The molecule has 0 aliphatic heterocycles. The van der Waals surface area contributed by atoms with E-state index in [1.54, 1.807) is 12.3 Å². The minimum atomic E-state index is -0.316. The van der Waals surface area contributed by atoms with Gasteiger partial charge in [-0.2, -0.15) is 5.10 Å². The van der Waals surface area contributed by atoms with Gasteiger partial charge in [0.2, 0.25) is 0 Å². The number of para-hydroxylation sites is 1. The number of anilines is 2. The molecule has 0 spiro atoms. The molecule has 0 radical (unpaired) electrons. The predicted molar refractivity (Wildman–Crippen MR) is 91.5 cm³/mol. The number of aromatic nitrogens is 4. The van der Waals surface area contributed by atoms with Crippen molar-refractivity contribution < 1.29 is 0 Å². The van der Waals surface area contributed by atoms with Crippen molar-refractivity contribution in [2.24, 2.45) is 0 Å². The van der Waals surface area contributed by atoms with Gasteiger partial charge in [0.15, 0.2) is 0 Å². The zero-order chi connectivity index (χ0) is 16.0. The number of hydrogen-bond donors (Lipinski definition) is 3. The number of hydrogen-bond acceptors (Lipinski definition) is 4. The summed E-state index contributed by atoms with van der Waals surface area (Å²) in [5, 5.41) is 11.9. The van der Waals surface area contributed by atoms with Crippen LogP contribution in [0.4, 0.5) is 11.5 Å². The van der Waals surface area contributed by atoms with Gasteiger partial charge in [0.1, 0.15) is 11.0 Å². The van der Waals surface area contributed by atoms with Crippen molar-refractivity contribution in [3.8, 4) is 0 Å². The summed E-state index contributed by atoms with van der Waals surface area (Å²) in [5.74, 6) is 0.399. The minimum absolute atomic E-state index is 0.294. The summed E-state index contributed by atoms with van der Waals surface area (Å²) in [7, 11) is 0. The van der Waals surface area contributed by atoms with Crippen molar-refractivity contribution in [3.05, 3.63) is 57.7 Å². The smallest absolute Gasteiger partial charge is 0.275 e. The molecule has 0 aliphatic rings. The molecule has 4 aromatic rings. The molecule has 0 bridgehead atoms. The molecule has 3 heterocycles. The van der Waals surface area contributed by atoms with E-state index in [0.29, 0.717) is 21.7 Å². The molecule has 0 atom stereocenters. The Kier molecular flexibility index (Phi) is 3.06. The highest BCUT2D eigenvalue weighted by Crippen LogP contribution is 2.29. The van der Waals surface area contributed by atoms with Gasteiger partial charge < -0.3 is 10.3 Å². The van der Waals surface area contributed by atoms with Crippen molar-refractivity contribution >= 4 is 44.8 Å². The van der Waals surface area contributed by atoms with Crippen LogP contribution >= 0.6 is 11.6 Å². The quantitative estimate of drug-likeness (QED) is 0.492. The number of H-pyrrole nitrogens is 2. The van der Waals surface area contributed by atoms with Gasteiger partial charge in [0.05, 0.1) is 22.8 Å². The zero-order valence-electron chi connectivity index (χ0n) is 12.1. The van der Waals surface area contributed by atoms with E-state index in [1.165, 1.54) is 0 Å². The third-order valence-corrected chi connectivity index (χ3v) is 3.98. The molecule has 0 aliphatic carbocycles. The summed E-state index contributed by atoms with van der Waals surface area (Å²) in [5.41, 5.74) is 2.60. The first-order valence-corrected chi connectivity index (χ1v) is 7.39. The number of aromatic amines is 2. The molecule has 0 fully saturated rings. The molecule has 3 aromatic heterocycles. The molecule has 1 aromatic carbocycles. The monoisotopic (exact) mass is 325 g/mol. The van der Waals surface area contributed by atoms with Gasteiger partial charge >= 0.3 is 0 Å². The number of benzene rings is 1. The highest BCUT2D eigenvalue weighted by molar-refractivity contribution is 6.30. The van der Waals surface area contributed by atoms with E-state index in [1.807, 2.05) is 31.3 Å². The molecule has 0 amide bonds. The summed E-state index contributed by atoms with van der Waals surface area (Å²) in [6.45, 7) is 2.03. The summed E-state index contributed by atoms with van der Waals surface area (Å²) in [4.78, 5) is 19.6. The second kappa shape index (κ2) is 5.10. The van der Waals surface area contributed by atoms with Crippen LogP contribution in [0.1, 0.15) is 5.56 Å². The second-order valence-electron chi connectivity index (χ2n) is 5.28. The second-order valence-corrected chi connectivity index (χ2v) is 5.67. The minimum Gasteiger partial charge on any atom is -0.359 e. The molecular formula is C16H12ClN5O. The Morgan fingerprint density at radius 1 is 1.30 bits per heavy atom. The maximum absolute atomic E-state index is 12.1. The van der Waals surface area contributed by atoms with Crippen LogP contribution in [-0.2, 0) is 0 Å². The van der Waals surface area contributed by atoms with E-state index in [-0.39, 0.29) is 5.56 Å². The van der Waals surface area contributed by atoms with Crippen LogP contribution in [0.5, 0.6) is 0 Å². The topological polar surface area (TPSA) is 86.5 Å². The molecule has 7 heteroatoms. The zero-order valence-corrected chi connectivity index (χ0v) is 12.9. The van der Waals surface area contributed by atoms with Gasteiger partial charge in [-0.25, -0.2) is 10.1 Å². The fraction of sp³-hybridized carbons (Fsp3) is 0.0625. The van der Waals surface area contributed by atoms with Crippen LogP contribution in [0, 0.1) is 6.92 Å². The Balaban J connectivity index is 1.94. The largest absolute Gasteiger partial charge is 0.359 e. The molecule has 0 saturated carbocycles. The summed E-state index contributed by atoms with van der Waals surface area (Å²) < 4.78 is 0. The maximum Gasteiger partial charge on any atom is 0.275 e. The van der Waals surface area contributed by atoms with Crippen LogP contribution in [0.15, 0.2) is 41.5 Å². The van der Waals surface area contributed by atoms with Gasteiger partial charge in [0, 0.05) is 17.0 Å². The van der Waals surface area contributed by atoms with Crippen LogP contribution in [-0.4, -0.2) is 20.2 Å². The van der Waals surface area contributed by atoms with Gasteiger partial charge in [-0.15, -0.1) is 0 Å². The Labute approximate surface area is 135 Å². The lowest BCUT2D eigenvalue weighted by molar-refractivity contribution is 1.01. The van der Waals surface area contributed by atoms with Crippen molar-refractivity contribution in [2.75, 3.05) is 5.32 Å². The predicted octanol–water partition coefficient (Wildman–Crippen LogP) is 3.50. The lowest BCUT2D eigenvalue weighted by Crippen LogP contribution is -2.10. The third-order valence-electron chi connectivity index (χ3n) is 3.79. The lowest BCUT2D eigenvalue weighted by Gasteiger charge is -2.10. The van der Waals surface area contributed by atoms with Crippen LogP contribution in [0.25, 0.3) is 21.7 Å². The molecule has 6 nitrogen and oxygen atoms in total. The standard InChI is InChI=1S/C16H12ClN5O/c1-8-6-18-14-10(8)3-2-4-11(14)20-15-13-9(5-12(17)21-15)7-19-22-16(13)23/h2-7,18H,1H3,(H,20,21)(H,22,23). The number of rotatable bonds is 2. The lowest BCUT2D eigenvalue weighted by atomic mass is 10.1. The van der Waals surface area contributed by atoms with E-state index in [2.05, 4.69) is 25.5 Å². The van der Waals surface area contributed by atoms with Crippen molar-refractivity contribution in [1.29, 1.82) is 0 Å². The van der Waals surface area contributed by atoms with Gasteiger partial charge in [0.25, 0.3) is 5.56 Å². The van der Waals surface area contributed by atoms with E-state index < -0.39 is 0 Å². The SMILES string of the molecule is Cc1c[nH]c2c(Nc3nc(Cl)cc4cn[nH]c(=O)c34)cccc12. The maximum atomic E-state index is 12.1. The summed E-state index contributed by atoms with van der Waals surface area (Å²) >= 11 is 6.07. The van der Waals surface area contributed by atoms with Gasteiger partial charge in [-0.1, -0.05) is 23.7 Å². The first-order valence-electron chi connectivity index (χ1n) is 7.01. The first kappa shape index (κ1) is 13.8. The number of aryl methyl sites for hydroxylation is 1. The molecule has 0 unspecified atom stereocenters. The van der Waals surface area contributed by atoms with Gasteiger partial charge in [-0.05, 0) is 24.6 Å². The number of nitrogens with zero attached hydrogens (tertiary/aromatic N) is 2. The van der Waals surface area contributed by atoms with Crippen molar-refractivity contribution in [1.82, 2.24) is 20.2 Å². The molecular weight excluding hydrogens is 314 g/mol. The van der Waals surface area contributed by atoms with E-state index in [0.717, 1.165) is 22.2 Å². The van der Waals surface area contributed by atoms with Crippen LogP contribution < -0.4 is 10.9 Å². The number of pyridine rings is 1. The summed E-state index contributed by atoms with van der Waals surface area (Å²) in [6, 6.07) is 7.52. The Hall–Kier alpha value is -2.86. The fourth-order valence-electron chi connectivity index (χ4n) is 2.71. The van der Waals surface area contributed by atoms with Crippen LogP contribution in [0.3, 0.4) is 0 Å². The first-order chi connectivity index (χ1) is 11.1. The molecule has 4 rings (SSSR count). The normalized spacial score (nSPS) is 11.2. The number of fused-ring (bicyclic) bond motifs is 2.